The van der Waals surface area contributed by atoms with Crippen molar-refractivity contribution in [1.29, 1.82) is 0 Å². The highest BCUT2D eigenvalue weighted by Crippen LogP contribution is 2.15. The zero-order valence-corrected chi connectivity index (χ0v) is 12.9. The maximum atomic E-state index is 3.78. The van der Waals surface area contributed by atoms with Crippen LogP contribution in [0.2, 0.25) is 0 Å². The van der Waals surface area contributed by atoms with Crippen LogP contribution in [-0.4, -0.2) is 12.6 Å². The van der Waals surface area contributed by atoms with Crippen LogP contribution < -0.4 is 5.32 Å². The average molecular weight is 241 g/mol. The van der Waals surface area contributed by atoms with E-state index in [4.69, 9.17) is 0 Å². The van der Waals surface area contributed by atoms with E-state index in [-0.39, 0.29) is 0 Å². The van der Waals surface area contributed by atoms with Gasteiger partial charge < -0.3 is 5.32 Å². The standard InChI is InChI=1S/C16H35N/c1-6-8-10-12-15(13-11-9-7-2)17-14-16(3,4)5/h15,17H,6-14H2,1-5H3. The third-order valence-corrected chi connectivity index (χ3v) is 3.23. The third-order valence-electron chi connectivity index (χ3n) is 3.23. The topological polar surface area (TPSA) is 12.0 Å². The van der Waals surface area contributed by atoms with Gasteiger partial charge in [-0.3, -0.25) is 0 Å². The molecule has 17 heavy (non-hydrogen) atoms. The Morgan fingerprint density at radius 3 is 1.65 bits per heavy atom. The molecule has 0 heterocycles. The molecule has 0 atom stereocenters. The predicted octanol–water partition coefficient (Wildman–Crippen LogP) is 5.15. The summed E-state index contributed by atoms with van der Waals surface area (Å²) in [5, 5.41) is 3.78. The molecule has 0 rings (SSSR count). The van der Waals surface area contributed by atoms with Crippen molar-refractivity contribution < 1.29 is 0 Å². The SMILES string of the molecule is CCCCCC(CCCCC)NCC(C)(C)C. The first kappa shape index (κ1) is 17.0. The summed E-state index contributed by atoms with van der Waals surface area (Å²) in [6.45, 7) is 12.7. The smallest absolute Gasteiger partial charge is 0.00672 e. The molecule has 0 amide bonds. The molecule has 1 nitrogen and oxygen atoms in total. The highest BCUT2D eigenvalue weighted by molar-refractivity contribution is 4.72. The maximum Gasteiger partial charge on any atom is 0.00672 e. The molecule has 0 spiro atoms. The van der Waals surface area contributed by atoms with Gasteiger partial charge in [0, 0.05) is 12.6 Å². The summed E-state index contributed by atoms with van der Waals surface area (Å²) in [4.78, 5) is 0. The van der Waals surface area contributed by atoms with Crippen LogP contribution >= 0.6 is 0 Å². The van der Waals surface area contributed by atoms with Crippen molar-refractivity contribution in [3.05, 3.63) is 0 Å². The van der Waals surface area contributed by atoms with Gasteiger partial charge in [-0.2, -0.15) is 0 Å². The molecule has 0 aromatic carbocycles. The summed E-state index contributed by atoms with van der Waals surface area (Å²) >= 11 is 0. The van der Waals surface area contributed by atoms with Gasteiger partial charge in [-0.1, -0.05) is 73.1 Å². The largest absolute Gasteiger partial charge is 0.313 e. The normalized spacial score (nSPS) is 12.4. The fourth-order valence-electron chi connectivity index (χ4n) is 2.08. The van der Waals surface area contributed by atoms with Gasteiger partial charge in [-0.25, -0.2) is 0 Å². The molecule has 0 aliphatic carbocycles. The van der Waals surface area contributed by atoms with E-state index in [0.717, 1.165) is 12.6 Å². The van der Waals surface area contributed by atoms with Crippen molar-refractivity contribution in [3.8, 4) is 0 Å². The molecule has 1 heteroatoms. The van der Waals surface area contributed by atoms with Crippen molar-refractivity contribution in [3.63, 3.8) is 0 Å². The number of nitrogens with one attached hydrogen (secondary N) is 1. The average Bonchev–Trinajstić information content (AvgIpc) is 2.24. The first-order valence-corrected chi connectivity index (χ1v) is 7.73. The molecular weight excluding hydrogens is 206 g/mol. The van der Waals surface area contributed by atoms with Crippen LogP contribution in [0.4, 0.5) is 0 Å². The van der Waals surface area contributed by atoms with Gasteiger partial charge >= 0.3 is 0 Å². The Bertz CT molecular complexity index is 147. The molecule has 0 saturated heterocycles. The van der Waals surface area contributed by atoms with Crippen LogP contribution in [0.5, 0.6) is 0 Å². The molecular formula is C16H35N. The van der Waals surface area contributed by atoms with Crippen LogP contribution in [-0.2, 0) is 0 Å². The first-order valence-electron chi connectivity index (χ1n) is 7.73. The molecule has 0 radical (unpaired) electrons. The molecule has 0 saturated carbocycles. The lowest BCUT2D eigenvalue weighted by atomic mass is 9.95. The lowest BCUT2D eigenvalue weighted by Crippen LogP contribution is -2.35. The molecule has 0 aromatic heterocycles. The van der Waals surface area contributed by atoms with Crippen molar-refractivity contribution in [2.75, 3.05) is 6.54 Å². The second-order valence-corrected chi connectivity index (χ2v) is 6.63. The molecule has 104 valence electrons. The van der Waals surface area contributed by atoms with E-state index in [1.807, 2.05) is 0 Å². The minimum absolute atomic E-state index is 0.410. The summed E-state index contributed by atoms with van der Waals surface area (Å²) in [7, 11) is 0. The van der Waals surface area contributed by atoms with Gasteiger partial charge in [0.2, 0.25) is 0 Å². The van der Waals surface area contributed by atoms with Crippen molar-refractivity contribution >= 4 is 0 Å². The first-order chi connectivity index (χ1) is 7.99. The van der Waals surface area contributed by atoms with E-state index in [1.165, 1.54) is 51.4 Å². The Hall–Kier alpha value is -0.0400. The summed E-state index contributed by atoms with van der Waals surface area (Å²) in [5.41, 5.74) is 0.410. The number of unbranched alkanes of at least 4 members (excludes halogenated alkanes) is 4. The van der Waals surface area contributed by atoms with E-state index in [2.05, 4.69) is 39.9 Å². The fourth-order valence-corrected chi connectivity index (χ4v) is 2.08. The zero-order chi connectivity index (χ0) is 13.1. The Balaban J connectivity index is 3.83. The van der Waals surface area contributed by atoms with Crippen molar-refractivity contribution in [2.45, 2.75) is 92.0 Å². The minimum atomic E-state index is 0.410. The molecule has 0 aliphatic rings. The zero-order valence-electron chi connectivity index (χ0n) is 12.9. The van der Waals surface area contributed by atoms with Crippen molar-refractivity contribution in [1.82, 2.24) is 5.32 Å². The molecule has 1 N–H and O–H groups in total. The monoisotopic (exact) mass is 241 g/mol. The van der Waals surface area contributed by atoms with E-state index >= 15 is 0 Å². The predicted molar refractivity (Wildman–Crippen MR) is 79.5 cm³/mol. The Morgan fingerprint density at radius 1 is 0.824 bits per heavy atom. The van der Waals surface area contributed by atoms with Gasteiger partial charge in [0.15, 0.2) is 0 Å². The summed E-state index contributed by atoms with van der Waals surface area (Å²) < 4.78 is 0. The van der Waals surface area contributed by atoms with E-state index in [0.29, 0.717) is 5.41 Å². The summed E-state index contributed by atoms with van der Waals surface area (Å²) in [5.74, 6) is 0. The van der Waals surface area contributed by atoms with Crippen LogP contribution in [0.3, 0.4) is 0 Å². The van der Waals surface area contributed by atoms with E-state index < -0.39 is 0 Å². The quantitative estimate of drug-likeness (QED) is 0.521. The minimum Gasteiger partial charge on any atom is -0.313 e. The lowest BCUT2D eigenvalue weighted by Gasteiger charge is -2.25. The summed E-state index contributed by atoms with van der Waals surface area (Å²) in [6.07, 6.45) is 11.0. The van der Waals surface area contributed by atoms with Crippen LogP contribution in [0.1, 0.15) is 86.0 Å². The Kier molecular flexibility index (Phi) is 9.91. The third kappa shape index (κ3) is 12.2. The fraction of sp³-hybridized carbons (Fsp3) is 1.00. The Morgan fingerprint density at radius 2 is 1.29 bits per heavy atom. The number of rotatable bonds is 10. The van der Waals surface area contributed by atoms with Gasteiger partial charge in [0.1, 0.15) is 0 Å². The van der Waals surface area contributed by atoms with Gasteiger partial charge in [0.05, 0.1) is 0 Å². The van der Waals surface area contributed by atoms with Crippen LogP contribution in [0.25, 0.3) is 0 Å². The van der Waals surface area contributed by atoms with Gasteiger partial charge in [-0.15, -0.1) is 0 Å². The lowest BCUT2D eigenvalue weighted by molar-refractivity contribution is 0.326. The number of hydrogen-bond acceptors (Lipinski definition) is 1. The highest BCUT2D eigenvalue weighted by Gasteiger charge is 2.13. The van der Waals surface area contributed by atoms with Crippen molar-refractivity contribution in [2.24, 2.45) is 5.41 Å². The molecule has 0 fully saturated rings. The van der Waals surface area contributed by atoms with E-state index in [9.17, 15) is 0 Å². The summed E-state index contributed by atoms with van der Waals surface area (Å²) in [6, 6.07) is 0.757. The highest BCUT2D eigenvalue weighted by atomic mass is 14.9. The van der Waals surface area contributed by atoms with Crippen LogP contribution in [0, 0.1) is 5.41 Å². The molecule has 0 aromatic rings. The molecule has 0 aliphatic heterocycles. The van der Waals surface area contributed by atoms with Crippen LogP contribution in [0.15, 0.2) is 0 Å². The van der Waals surface area contributed by atoms with E-state index in [1.54, 1.807) is 0 Å². The number of hydrogen-bond donors (Lipinski definition) is 1. The second-order valence-electron chi connectivity index (χ2n) is 6.63. The molecule has 0 bridgehead atoms. The Labute approximate surface area is 110 Å². The second kappa shape index (κ2) is 9.94. The maximum absolute atomic E-state index is 3.78. The van der Waals surface area contributed by atoms with Gasteiger partial charge in [0.25, 0.3) is 0 Å². The molecule has 0 unspecified atom stereocenters. The van der Waals surface area contributed by atoms with Gasteiger partial charge in [-0.05, 0) is 18.3 Å².